The molecule has 0 fully saturated rings. The molecule has 0 atom stereocenters. The zero-order valence-electron chi connectivity index (χ0n) is 7.52. The van der Waals surface area contributed by atoms with E-state index in [0.717, 1.165) is 6.07 Å². The lowest BCUT2D eigenvalue weighted by Crippen LogP contribution is -2.06. The second-order valence-corrected chi connectivity index (χ2v) is 5.51. The molecule has 86 valence electrons. The molecule has 0 bridgehead atoms. The van der Waals surface area contributed by atoms with Gasteiger partial charge in [0.25, 0.3) is 0 Å². The van der Waals surface area contributed by atoms with Crippen LogP contribution < -0.4 is 0 Å². The van der Waals surface area contributed by atoms with Crippen molar-refractivity contribution in [2.24, 2.45) is 0 Å². The highest BCUT2D eigenvalue weighted by atomic mass is 32.5. The van der Waals surface area contributed by atoms with E-state index in [9.17, 15) is 24.2 Å². The Labute approximate surface area is 82.6 Å². The number of aldehydes is 1. The fraction of sp³-hybridized carbons (Fsp3) is 0.125. The molecule has 1 rings (SSSR count). The third kappa shape index (κ3) is 2.68. The summed E-state index contributed by atoms with van der Waals surface area (Å²) in [6.45, 7) is 1.36. The molecule has 0 aliphatic carbocycles. The topological polar surface area (TPSA) is 17.1 Å². The first kappa shape index (κ1) is 12.0. The molecule has 0 saturated carbocycles. The van der Waals surface area contributed by atoms with Gasteiger partial charge in [-0.3, -0.25) is 4.79 Å². The Hall–Kier alpha value is -1.11. The van der Waals surface area contributed by atoms with Gasteiger partial charge in [0.05, 0.1) is 0 Å². The van der Waals surface area contributed by atoms with Crippen LogP contribution in [0.1, 0.15) is 15.9 Å². The van der Waals surface area contributed by atoms with Crippen molar-refractivity contribution in [1.29, 1.82) is 0 Å². The number of aryl methyl sites for hydroxylation is 1. The summed E-state index contributed by atoms with van der Waals surface area (Å²) in [7, 11) is -9.66. The Balaban J connectivity index is 3.50. The van der Waals surface area contributed by atoms with Crippen LogP contribution in [0, 0.1) is 6.92 Å². The first-order chi connectivity index (χ1) is 6.44. The van der Waals surface area contributed by atoms with Crippen LogP contribution in [-0.2, 0) is 0 Å². The maximum Gasteiger partial charge on any atom is 0.310 e. The molecule has 0 spiro atoms. The maximum atomic E-state index is 12.3. The van der Waals surface area contributed by atoms with Crippen molar-refractivity contribution >= 4 is 16.5 Å². The van der Waals surface area contributed by atoms with E-state index in [4.69, 9.17) is 0 Å². The highest BCUT2D eigenvalue weighted by Gasteiger charge is 2.65. The van der Waals surface area contributed by atoms with Crippen LogP contribution in [0.4, 0.5) is 19.4 Å². The number of benzene rings is 1. The molecule has 1 aromatic carbocycles. The van der Waals surface area contributed by atoms with Gasteiger partial charge in [-0.1, -0.05) is 25.5 Å². The number of halogens is 5. The summed E-state index contributed by atoms with van der Waals surface area (Å²) < 4.78 is 61.4. The molecular weight excluding hydrogens is 239 g/mol. The van der Waals surface area contributed by atoms with Gasteiger partial charge in [0, 0.05) is 5.56 Å². The van der Waals surface area contributed by atoms with Gasteiger partial charge in [-0.05, 0) is 24.6 Å². The Morgan fingerprint density at radius 1 is 1.13 bits per heavy atom. The third-order valence-corrected chi connectivity index (χ3v) is 2.97. The number of rotatable bonds is 2. The Morgan fingerprint density at radius 2 is 1.67 bits per heavy atom. The largest absolute Gasteiger partial charge is 0.310 e. The van der Waals surface area contributed by atoms with Crippen LogP contribution in [0.25, 0.3) is 0 Å². The van der Waals surface area contributed by atoms with Crippen molar-refractivity contribution in [2.75, 3.05) is 0 Å². The van der Waals surface area contributed by atoms with Crippen LogP contribution in [0.3, 0.4) is 0 Å². The number of hydrogen-bond donors (Lipinski definition) is 0. The molecule has 7 heteroatoms. The summed E-state index contributed by atoms with van der Waals surface area (Å²) in [5, 5.41) is 0. The Bertz CT molecular complexity index is 422. The van der Waals surface area contributed by atoms with Crippen molar-refractivity contribution in [3.63, 3.8) is 0 Å². The molecule has 0 aromatic heterocycles. The first-order valence-corrected chi connectivity index (χ1v) is 5.69. The van der Waals surface area contributed by atoms with E-state index >= 15 is 0 Å². The van der Waals surface area contributed by atoms with Crippen LogP contribution in [0.15, 0.2) is 23.1 Å². The van der Waals surface area contributed by atoms with Gasteiger partial charge in [0.15, 0.2) is 0 Å². The van der Waals surface area contributed by atoms with E-state index in [0.29, 0.717) is 0 Å². The SMILES string of the molecule is Cc1ccc(S(F)(F)(F)(F)F)cc1C=O. The Morgan fingerprint density at radius 3 is 2.07 bits per heavy atom. The summed E-state index contributed by atoms with van der Waals surface area (Å²) in [5.74, 6) is 0. The van der Waals surface area contributed by atoms with E-state index in [1.165, 1.54) is 6.92 Å². The zero-order valence-corrected chi connectivity index (χ0v) is 8.33. The van der Waals surface area contributed by atoms with E-state index in [1.807, 2.05) is 0 Å². The molecule has 1 nitrogen and oxygen atoms in total. The summed E-state index contributed by atoms with van der Waals surface area (Å²) in [4.78, 5) is 8.28. The summed E-state index contributed by atoms with van der Waals surface area (Å²) in [6.07, 6.45) is 0.113. The minimum Gasteiger partial charge on any atom is -0.298 e. The van der Waals surface area contributed by atoms with Gasteiger partial charge in [-0.25, -0.2) is 0 Å². The molecule has 1 aromatic rings. The van der Waals surface area contributed by atoms with Crippen molar-refractivity contribution in [1.82, 2.24) is 0 Å². The summed E-state index contributed by atoms with van der Waals surface area (Å²) in [5.41, 5.74) is -0.170. The standard InChI is InChI=1S/C8H7F5OS/c1-6-2-3-8(4-7(6)5-14)15(9,10,11,12)13/h2-5H,1H3. The smallest absolute Gasteiger partial charge is 0.298 e. The van der Waals surface area contributed by atoms with E-state index in [-0.39, 0.29) is 29.5 Å². The molecule has 15 heavy (non-hydrogen) atoms. The first-order valence-electron chi connectivity index (χ1n) is 3.74. The van der Waals surface area contributed by atoms with Gasteiger partial charge >= 0.3 is 10.2 Å². The molecule has 0 heterocycles. The highest BCUT2D eigenvalue weighted by Crippen LogP contribution is 3.02. The fourth-order valence-electron chi connectivity index (χ4n) is 0.985. The monoisotopic (exact) mass is 246 g/mol. The minimum atomic E-state index is -9.66. The predicted octanol–water partition coefficient (Wildman–Crippen LogP) is 4.46. The second kappa shape index (κ2) is 2.52. The summed E-state index contributed by atoms with van der Waals surface area (Å²) in [6, 6.07) is 1.30. The maximum absolute atomic E-state index is 12.3. The van der Waals surface area contributed by atoms with Crippen LogP contribution in [0.5, 0.6) is 0 Å². The van der Waals surface area contributed by atoms with Crippen LogP contribution in [0.2, 0.25) is 0 Å². The average Bonchev–Trinajstić information content (AvgIpc) is 2.00. The average molecular weight is 246 g/mol. The minimum absolute atomic E-state index is 0.113. The van der Waals surface area contributed by atoms with E-state index in [1.54, 1.807) is 0 Å². The van der Waals surface area contributed by atoms with Gasteiger partial charge < -0.3 is 0 Å². The fourth-order valence-corrected chi connectivity index (χ4v) is 1.66. The van der Waals surface area contributed by atoms with Gasteiger partial charge in [-0.15, -0.1) is 0 Å². The molecule has 0 aliphatic rings. The van der Waals surface area contributed by atoms with Crippen LogP contribution >= 0.6 is 10.2 Å². The normalized spacial score (nSPS) is 16.7. The van der Waals surface area contributed by atoms with E-state index in [2.05, 4.69) is 0 Å². The molecular formula is C8H7F5OS. The summed E-state index contributed by atoms with van der Waals surface area (Å²) >= 11 is 0. The lowest BCUT2D eigenvalue weighted by molar-refractivity contribution is 0.112. The van der Waals surface area contributed by atoms with Crippen LogP contribution in [-0.4, -0.2) is 6.29 Å². The number of carbonyl (C=O) groups excluding carboxylic acids is 1. The highest BCUT2D eigenvalue weighted by molar-refractivity contribution is 8.45. The van der Waals surface area contributed by atoms with Gasteiger partial charge in [0.1, 0.15) is 11.2 Å². The zero-order chi connectivity index (χ0) is 12.0. The molecule has 0 N–H and O–H groups in total. The number of carbonyl (C=O) groups is 1. The van der Waals surface area contributed by atoms with Crippen molar-refractivity contribution in [3.05, 3.63) is 29.3 Å². The van der Waals surface area contributed by atoms with Crippen molar-refractivity contribution in [3.8, 4) is 0 Å². The Kier molecular flexibility index (Phi) is 2.01. The van der Waals surface area contributed by atoms with Crippen molar-refractivity contribution < 1.29 is 24.2 Å². The van der Waals surface area contributed by atoms with Crippen molar-refractivity contribution in [2.45, 2.75) is 11.8 Å². The quantitative estimate of drug-likeness (QED) is 0.556. The number of hydrogen-bond acceptors (Lipinski definition) is 1. The van der Waals surface area contributed by atoms with Gasteiger partial charge in [0.2, 0.25) is 0 Å². The molecule has 0 radical (unpaired) electrons. The second-order valence-electron chi connectivity index (χ2n) is 3.11. The lowest BCUT2D eigenvalue weighted by Gasteiger charge is -2.40. The molecule has 0 aliphatic heterocycles. The third-order valence-electron chi connectivity index (χ3n) is 1.82. The molecule has 0 unspecified atom stereocenters. The predicted molar refractivity (Wildman–Crippen MR) is 48.0 cm³/mol. The lowest BCUT2D eigenvalue weighted by atomic mass is 10.1. The molecule has 0 amide bonds. The van der Waals surface area contributed by atoms with E-state index < -0.39 is 15.1 Å². The van der Waals surface area contributed by atoms with Gasteiger partial charge in [-0.2, -0.15) is 0 Å². The molecule has 0 saturated heterocycles.